The van der Waals surface area contributed by atoms with Crippen LogP contribution in [0.1, 0.15) is 40.5 Å². The van der Waals surface area contributed by atoms with E-state index in [2.05, 4.69) is 6.92 Å². The fraction of sp³-hybridized carbons (Fsp3) is 0.571. The average molecular weight is 241 g/mol. The molecule has 1 aromatic carbocycles. The molecule has 1 nitrogen and oxygen atoms in total. The minimum Gasteiger partial charge on any atom is -0.362 e. The van der Waals surface area contributed by atoms with E-state index in [1.807, 2.05) is 20.8 Å². The van der Waals surface area contributed by atoms with Crippen molar-refractivity contribution in [3.63, 3.8) is 0 Å². The van der Waals surface area contributed by atoms with Crippen LogP contribution in [0.25, 0.3) is 0 Å². The maximum Gasteiger partial charge on any atom is 0.149 e. The standard InChI is InChI=1S/C14H21F2N/c1-5-6-10-17(14(2,3)4)13-11(15)8-7-9-12(13)16/h7-9H,5-6,10H2,1-4H3. The summed E-state index contributed by atoms with van der Waals surface area (Å²) in [6.45, 7) is 8.63. The Hall–Kier alpha value is -1.12. The first-order valence-electron chi connectivity index (χ1n) is 6.09. The van der Waals surface area contributed by atoms with Crippen molar-refractivity contribution >= 4 is 5.69 Å². The molecule has 0 atom stereocenters. The van der Waals surface area contributed by atoms with Gasteiger partial charge in [-0.05, 0) is 39.3 Å². The molecule has 17 heavy (non-hydrogen) atoms. The second-order valence-corrected chi connectivity index (χ2v) is 5.25. The summed E-state index contributed by atoms with van der Waals surface area (Å²) in [6, 6.07) is 4.01. The Morgan fingerprint density at radius 2 is 1.65 bits per heavy atom. The van der Waals surface area contributed by atoms with E-state index in [0.717, 1.165) is 12.8 Å². The minimum atomic E-state index is -0.490. The molecule has 0 fully saturated rings. The molecular formula is C14H21F2N. The van der Waals surface area contributed by atoms with Gasteiger partial charge in [-0.1, -0.05) is 19.4 Å². The van der Waals surface area contributed by atoms with Gasteiger partial charge < -0.3 is 4.90 Å². The van der Waals surface area contributed by atoms with Gasteiger partial charge in [0.05, 0.1) is 0 Å². The number of hydrogen-bond acceptors (Lipinski definition) is 1. The molecule has 1 aromatic rings. The van der Waals surface area contributed by atoms with Crippen LogP contribution in [-0.2, 0) is 0 Å². The van der Waals surface area contributed by atoms with Crippen molar-refractivity contribution in [1.29, 1.82) is 0 Å². The molecule has 0 radical (unpaired) electrons. The molecule has 0 saturated heterocycles. The summed E-state index contributed by atoms with van der Waals surface area (Å²) in [5, 5.41) is 0. The van der Waals surface area contributed by atoms with E-state index < -0.39 is 11.6 Å². The van der Waals surface area contributed by atoms with E-state index >= 15 is 0 Å². The average Bonchev–Trinajstić information content (AvgIpc) is 2.20. The lowest BCUT2D eigenvalue weighted by atomic mass is 10.0. The number of halogens is 2. The summed E-state index contributed by atoms with van der Waals surface area (Å²) in [6.07, 6.45) is 1.92. The predicted octanol–water partition coefficient (Wildman–Crippen LogP) is 4.37. The number of rotatable bonds is 4. The Bertz CT molecular complexity index is 349. The van der Waals surface area contributed by atoms with Gasteiger partial charge >= 0.3 is 0 Å². The molecule has 0 saturated carbocycles. The quantitative estimate of drug-likeness (QED) is 0.756. The smallest absolute Gasteiger partial charge is 0.149 e. The number of benzene rings is 1. The maximum atomic E-state index is 13.8. The van der Waals surface area contributed by atoms with Crippen molar-refractivity contribution in [2.75, 3.05) is 11.4 Å². The summed E-state index contributed by atoms with van der Waals surface area (Å²) >= 11 is 0. The second kappa shape index (κ2) is 5.48. The SMILES string of the molecule is CCCCN(c1c(F)cccc1F)C(C)(C)C. The first-order chi connectivity index (χ1) is 7.88. The molecule has 0 amide bonds. The van der Waals surface area contributed by atoms with Crippen LogP contribution in [0, 0.1) is 11.6 Å². The van der Waals surface area contributed by atoms with Gasteiger partial charge in [0.2, 0.25) is 0 Å². The highest BCUT2D eigenvalue weighted by Crippen LogP contribution is 2.29. The highest BCUT2D eigenvalue weighted by molar-refractivity contribution is 5.51. The van der Waals surface area contributed by atoms with Gasteiger partial charge in [0.15, 0.2) is 0 Å². The van der Waals surface area contributed by atoms with Crippen LogP contribution >= 0.6 is 0 Å². The van der Waals surface area contributed by atoms with E-state index in [-0.39, 0.29) is 11.2 Å². The largest absolute Gasteiger partial charge is 0.362 e. The molecule has 0 aliphatic heterocycles. The first kappa shape index (κ1) is 13.9. The van der Waals surface area contributed by atoms with Crippen molar-refractivity contribution < 1.29 is 8.78 Å². The molecule has 0 aromatic heterocycles. The van der Waals surface area contributed by atoms with Crippen molar-refractivity contribution in [1.82, 2.24) is 0 Å². The lowest BCUT2D eigenvalue weighted by molar-refractivity contribution is 0.467. The Morgan fingerprint density at radius 3 is 2.06 bits per heavy atom. The molecular weight excluding hydrogens is 220 g/mol. The molecule has 0 aliphatic carbocycles. The highest BCUT2D eigenvalue weighted by Gasteiger charge is 2.26. The van der Waals surface area contributed by atoms with Crippen LogP contribution < -0.4 is 4.90 Å². The minimum absolute atomic E-state index is 0.0912. The Morgan fingerprint density at radius 1 is 1.12 bits per heavy atom. The number of anilines is 1. The second-order valence-electron chi connectivity index (χ2n) is 5.25. The van der Waals surface area contributed by atoms with Crippen LogP contribution in [0.2, 0.25) is 0 Å². The van der Waals surface area contributed by atoms with Crippen LogP contribution in [0.3, 0.4) is 0 Å². The van der Waals surface area contributed by atoms with Gasteiger partial charge in [-0.3, -0.25) is 0 Å². The van der Waals surface area contributed by atoms with Gasteiger partial charge in [0.25, 0.3) is 0 Å². The molecule has 0 heterocycles. The fourth-order valence-corrected chi connectivity index (χ4v) is 1.85. The number of unbranched alkanes of at least 4 members (excludes halogenated alkanes) is 1. The fourth-order valence-electron chi connectivity index (χ4n) is 1.85. The van der Waals surface area contributed by atoms with Crippen LogP contribution in [0.4, 0.5) is 14.5 Å². The van der Waals surface area contributed by atoms with Gasteiger partial charge in [0.1, 0.15) is 17.3 Å². The molecule has 0 bridgehead atoms. The third-order valence-electron chi connectivity index (χ3n) is 2.75. The van der Waals surface area contributed by atoms with Gasteiger partial charge in [-0.2, -0.15) is 0 Å². The summed E-state index contributed by atoms with van der Waals surface area (Å²) in [7, 11) is 0. The molecule has 96 valence electrons. The predicted molar refractivity (Wildman–Crippen MR) is 68.4 cm³/mol. The molecule has 0 aliphatic rings. The zero-order chi connectivity index (χ0) is 13.1. The van der Waals surface area contributed by atoms with Gasteiger partial charge in [0, 0.05) is 12.1 Å². The number of para-hydroxylation sites is 1. The molecule has 3 heteroatoms. The molecule has 0 unspecified atom stereocenters. The molecule has 0 spiro atoms. The van der Waals surface area contributed by atoms with E-state index in [1.54, 1.807) is 4.90 Å². The van der Waals surface area contributed by atoms with Crippen molar-refractivity contribution in [2.45, 2.75) is 46.1 Å². The summed E-state index contributed by atoms with van der Waals surface area (Å²) in [4.78, 5) is 1.81. The van der Waals surface area contributed by atoms with E-state index in [0.29, 0.717) is 6.54 Å². The molecule has 1 rings (SSSR count). The molecule has 0 N–H and O–H groups in total. The first-order valence-corrected chi connectivity index (χ1v) is 6.09. The number of nitrogens with zero attached hydrogens (tertiary/aromatic N) is 1. The third kappa shape index (κ3) is 3.42. The van der Waals surface area contributed by atoms with E-state index in [9.17, 15) is 8.78 Å². The van der Waals surface area contributed by atoms with Crippen molar-refractivity contribution in [2.24, 2.45) is 0 Å². The monoisotopic (exact) mass is 241 g/mol. The van der Waals surface area contributed by atoms with E-state index in [1.165, 1.54) is 18.2 Å². The zero-order valence-electron chi connectivity index (χ0n) is 11.1. The van der Waals surface area contributed by atoms with Crippen LogP contribution in [0.5, 0.6) is 0 Å². The third-order valence-corrected chi connectivity index (χ3v) is 2.75. The lowest BCUT2D eigenvalue weighted by Crippen LogP contribution is -2.43. The van der Waals surface area contributed by atoms with Crippen molar-refractivity contribution in [3.8, 4) is 0 Å². The van der Waals surface area contributed by atoms with Crippen molar-refractivity contribution in [3.05, 3.63) is 29.8 Å². The van der Waals surface area contributed by atoms with Gasteiger partial charge in [-0.15, -0.1) is 0 Å². The van der Waals surface area contributed by atoms with E-state index in [4.69, 9.17) is 0 Å². The van der Waals surface area contributed by atoms with Crippen LogP contribution in [-0.4, -0.2) is 12.1 Å². The number of hydrogen-bond donors (Lipinski definition) is 0. The normalized spacial score (nSPS) is 11.6. The Kier molecular flexibility index (Phi) is 4.49. The summed E-state index contributed by atoms with van der Waals surface area (Å²) in [5.41, 5.74) is -0.202. The summed E-state index contributed by atoms with van der Waals surface area (Å²) < 4.78 is 27.6. The summed E-state index contributed by atoms with van der Waals surface area (Å²) in [5.74, 6) is -0.980. The van der Waals surface area contributed by atoms with Crippen LogP contribution in [0.15, 0.2) is 18.2 Å². The maximum absolute atomic E-state index is 13.8. The highest BCUT2D eigenvalue weighted by atomic mass is 19.1. The Balaban J connectivity index is 3.13. The lowest BCUT2D eigenvalue weighted by Gasteiger charge is -2.38. The Labute approximate surface area is 102 Å². The zero-order valence-corrected chi connectivity index (χ0v) is 11.1. The van der Waals surface area contributed by atoms with Gasteiger partial charge in [-0.25, -0.2) is 8.78 Å². The topological polar surface area (TPSA) is 3.24 Å².